The molecular weight excluding hydrogens is 703 g/mol. The molecule has 0 saturated carbocycles. The molecule has 1 aliphatic rings. The number of carbonyl (C=O) groups is 2. The fourth-order valence-electron chi connectivity index (χ4n) is 6.42. The molecule has 1 saturated heterocycles. The van der Waals surface area contributed by atoms with Gasteiger partial charge in [-0.1, -0.05) is 57.5 Å². The van der Waals surface area contributed by atoms with Crippen LogP contribution in [0.5, 0.6) is 0 Å². The second kappa shape index (κ2) is 20.5. The maximum atomic E-state index is 13.7. The van der Waals surface area contributed by atoms with Gasteiger partial charge in [0.15, 0.2) is 0 Å². The van der Waals surface area contributed by atoms with Crippen LogP contribution in [0, 0.1) is 0 Å². The number of alkyl halides is 3. The first-order valence-electron chi connectivity index (χ1n) is 18.6. The number of nitrogens with zero attached hydrogens (tertiary/aromatic N) is 5. The van der Waals surface area contributed by atoms with Gasteiger partial charge in [0.05, 0.1) is 28.1 Å². The number of amides is 2. The summed E-state index contributed by atoms with van der Waals surface area (Å²) in [5, 5.41) is 6.43. The summed E-state index contributed by atoms with van der Waals surface area (Å²) in [5.74, 6) is -0.986. The van der Waals surface area contributed by atoms with Crippen LogP contribution in [0.4, 0.5) is 24.5 Å². The average molecular weight is 756 g/mol. The molecule has 4 rings (SSSR count). The van der Waals surface area contributed by atoms with Gasteiger partial charge in [0, 0.05) is 57.1 Å². The van der Waals surface area contributed by atoms with Gasteiger partial charge in [0.2, 0.25) is 0 Å². The molecule has 0 spiro atoms. The van der Waals surface area contributed by atoms with Crippen molar-refractivity contribution in [2.75, 3.05) is 75.7 Å². The lowest BCUT2D eigenvalue weighted by molar-refractivity contribution is -0.137. The number of hydrazone groups is 1. The van der Waals surface area contributed by atoms with Crippen molar-refractivity contribution in [2.45, 2.75) is 59.7 Å². The molecule has 9 nitrogen and oxygen atoms in total. The van der Waals surface area contributed by atoms with E-state index < -0.39 is 22.7 Å². The molecule has 3 aromatic rings. The fraction of sp³-hybridized carbons (Fsp3) is 0.475. The lowest BCUT2D eigenvalue weighted by Gasteiger charge is -2.29. The Balaban J connectivity index is 1.54. The van der Waals surface area contributed by atoms with Crippen LogP contribution in [0.1, 0.15) is 84.4 Å². The maximum Gasteiger partial charge on any atom is 0.417 e. The van der Waals surface area contributed by atoms with E-state index in [-0.39, 0.29) is 17.0 Å². The largest absolute Gasteiger partial charge is 0.417 e. The number of anilines is 2. The smallest absolute Gasteiger partial charge is 0.372 e. The van der Waals surface area contributed by atoms with Gasteiger partial charge in [-0.05, 0) is 99.0 Å². The highest BCUT2D eigenvalue weighted by Gasteiger charge is 2.33. The molecule has 0 unspecified atom stereocenters. The quantitative estimate of drug-likeness (QED) is 0.102. The number of piperidine rings is 1. The van der Waals surface area contributed by atoms with Crippen LogP contribution in [0.15, 0.2) is 65.8 Å². The van der Waals surface area contributed by atoms with Crippen molar-refractivity contribution >= 4 is 41.0 Å². The van der Waals surface area contributed by atoms with E-state index in [1.165, 1.54) is 6.07 Å². The summed E-state index contributed by atoms with van der Waals surface area (Å²) in [4.78, 5) is 36.7. The zero-order valence-electron chi connectivity index (χ0n) is 31.3. The highest BCUT2D eigenvalue weighted by molar-refractivity contribution is 6.31. The molecular formula is C40H53ClF3N7O2. The van der Waals surface area contributed by atoms with E-state index in [1.54, 1.807) is 18.2 Å². The van der Waals surface area contributed by atoms with Crippen molar-refractivity contribution in [1.82, 2.24) is 20.1 Å². The maximum absolute atomic E-state index is 13.7. The van der Waals surface area contributed by atoms with Crippen LogP contribution in [-0.2, 0) is 12.7 Å². The van der Waals surface area contributed by atoms with E-state index >= 15 is 0 Å². The van der Waals surface area contributed by atoms with E-state index in [9.17, 15) is 22.8 Å². The molecule has 0 atom stereocenters. The Bertz CT molecular complexity index is 1660. The molecule has 53 heavy (non-hydrogen) atoms. The average Bonchev–Trinajstić information content (AvgIpc) is 3.16. The minimum Gasteiger partial charge on any atom is -0.372 e. The standard InChI is InChI=1S/C40H53ClF3N7O2/c1-5-48(6-2)21-23-50(24-22-49(7-3)8-4)29-31-13-12-14-32(25-31)38(52)46-37-18-16-33(51-19-10-9-11-20-51)27-34(37)39(53)47-45-28-30-15-17-36(41)35(26-30)40(42,43)44/h12-18,25-28H,5-11,19-24,29H2,1-4H3,(H,46,52)(H,47,53)/b45-28+. The lowest BCUT2D eigenvalue weighted by Crippen LogP contribution is -2.39. The van der Waals surface area contributed by atoms with E-state index in [2.05, 4.69) is 63.1 Å². The SMILES string of the molecule is CCN(CC)CCN(CCN(CC)CC)Cc1cccc(C(=O)Nc2ccc(N3CCCCC3)cc2C(=O)N/N=C/c2ccc(Cl)c(C(F)(F)F)c2)c1. The highest BCUT2D eigenvalue weighted by atomic mass is 35.5. The van der Waals surface area contributed by atoms with Crippen LogP contribution in [0.2, 0.25) is 5.02 Å². The second-order valence-electron chi connectivity index (χ2n) is 13.2. The highest BCUT2D eigenvalue weighted by Crippen LogP contribution is 2.35. The van der Waals surface area contributed by atoms with Crippen molar-refractivity contribution in [2.24, 2.45) is 5.10 Å². The van der Waals surface area contributed by atoms with E-state index in [0.717, 1.165) is 114 Å². The number of halogens is 4. The Morgan fingerprint density at radius 1 is 0.811 bits per heavy atom. The first kappa shape index (κ1) is 41.8. The third-order valence-electron chi connectivity index (χ3n) is 9.74. The van der Waals surface area contributed by atoms with Gasteiger partial charge in [0.25, 0.3) is 11.8 Å². The lowest BCUT2D eigenvalue weighted by atomic mass is 10.1. The Hall–Kier alpha value is -3.97. The second-order valence-corrected chi connectivity index (χ2v) is 13.6. The molecule has 1 fully saturated rings. The predicted molar refractivity (Wildman–Crippen MR) is 209 cm³/mol. The monoisotopic (exact) mass is 755 g/mol. The summed E-state index contributed by atoms with van der Waals surface area (Å²) in [5.41, 5.74) is 4.32. The van der Waals surface area contributed by atoms with Gasteiger partial charge in [-0.2, -0.15) is 18.3 Å². The molecule has 3 aromatic carbocycles. The Morgan fingerprint density at radius 2 is 1.45 bits per heavy atom. The number of hydrogen-bond acceptors (Lipinski definition) is 7. The van der Waals surface area contributed by atoms with Crippen LogP contribution >= 0.6 is 11.6 Å². The van der Waals surface area contributed by atoms with E-state index in [1.807, 2.05) is 24.3 Å². The molecule has 0 bridgehead atoms. The number of hydrogen-bond donors (Lipinski definition) is 2. The van der Waals surface area contributed by atoms with Crippen molar-refractivity contribution in [3.05, 3.63) is 93.5 Å². The fourth-order valence-corrected chi connectivity index (χ4v) is 6.65. The summed E-state index contributed by atoms with van der Waals surface area (Å²) in [6.45, 7) is 18.8. The van der Waals surface area contributed by atoms with Crippen molar-refractivity contribution in [1.29, 1.82) is 0 Å². The molecule has 0 radical (unpaired) electrons. The Labute approximate surface area is 317 Å². The number of benzene rings is 3. The summed E-state index contributed by atoms with van der Waals surface area (Å²) in [6.07, 6.45) is -0.319. The van der Waals surface area contributed by atoms with Crippen LogP contribution < -0.4 is 15.6 Å². The first-order chi connectivity index (χ1) is 25.4. The number of rotatable bonds is 18. The molecule has 1 heterocycles. The van der Waals surface area contributed by atoms with Gasteiger partial charge < -0.3 is 20.0 Å². The summed E-state index contributed by atoms with van der Waals surface area (Å²) < 4.78 is 40.1. The van der Waals surface area contributed by atoms with Gasteiger partial charge in [0.1, 0.15) is 0 Å². The third-order valence-corrected chi connectivity index (χ3v) is 10.1. The van der Waals surface area contributed by atoms with Crippen molar-refractivity contribution < 1.29 is 22.8 Å². The summed E-state index contributed by atoms with van der Waals surface area (Å²) in [6, 6.07) is 16.2. The zero-order chi connectivity index (χ0) is 38.4. The minimum atomic E-state index is -4.64. The van der Waals surface area contributed by atoms with Crippen LogP contribution in [0.25, 0.3) is 0 Å². The number of carbonyl (C=O) groups excluding carboxylic acids is 2. The third kappa shape index (κ3) is 12.6. The van der Waals surface area contributed by atoms with E-state index in [4.69, 9.17) is 11.6 Å². The number of nitrogens with one attached hydrogen (secondary N) is 2. The topological polar surface area (TPSA) is 83.5 Å². The molecule has 1 aliphatic heterocycles. The predicted octanol–water partition coefficient (Wildman–Crippen LogP) is 7.85. The van der Waals surface area contributed by atoms with Gasteiger partial charge >= 0.3 is 6.18 Å². The molecule has 2 N–H and O–H groups in total. The molecule has 2 amide bonds. The number of likely N-dealkylation sites (N-methyl/N-ethyl adjacent to an activating group) is 2. The summed E-state index contributed by atoms with van der Waals surface area (Å²) in [7, 11) is 0. The van der Waals surface area contributed by atoms with Crippen LogP contribution in [-0.4, -0.2) is 98.2 Å². The first-order valence-corrected chi connectivity index (χ1v) is 19.0. The summed E-state index contributed by atoms with van der Waals surface area (Å²) >= 11 is 5.75. The zero-order valence-corrected chi connectivity index (χ0v) is 32.1. The van der Waals surface area contributed by atoms with Crippen molar-refractivity contribution in [3.63, 3.8) is 0 Å². The van der Waals surface area contributed by atoms with Gasteiger partial charge in [-0.3, -0.25) is 14.5 Å². The molecule has 0 aromatic heterocycles. The van der Waals surface area contributed by atoms with E-state index in [0.29, 0.717) is 17.8 Å². The Morgan fingerprint density at radius 3 is 2.08 bits per heavy atom. The Kier molecular flexibility index (Phi) is 16.1. The van der Waals surface area contributed by atoms with Crippen molar-refractivity contribution in [3.8, 4) is 0 Å². The van der Waals surface area contributed by atoms with Gasteiger partial charge in [-0.15, -0.1) is 0 Å². The molecule has 288 valence electrons. The molecule has 0 aliphatic carbocycles. The normalized spacial score (nSPS) is 13.8. The molecule has 13 heteroatoms. The van der Waals surface area contributed by atoms with Crippen LogP contribution in [0.3, 0.4) is 0 Å². The van der Waals surface area contributed by atoms with Gasteiger partial charge in [-0.25, -0.2) is 5.43 Å². The minimum absolute atomic E-state index is 0.108.